The summed E-state index contributed by atoms with van der Waals surface area (Å²) in [5, 5.41) is 0. The van der Waals surface area contributed by atoms with Crippen LogP contribution >= 0.6 is 27.3 Å². The van der Waals surface area contributed by atoms with E-state index in [1.807, 2.05) is 30.3 Å². The number of benzene rings is 1. The SMILES string of the molecule is C=CCN(CC[C@H](Oc1cccc2c1OCO2)c1ccc(Br)s1)C(=O)C=C. The number of rotatable bonds is 9. The number of carbonyl (C=O) groups excluding carboxylic acids is 1. The van der Waals surface area contributed by atoms with Crippen LogP contribution in [-0.4, -0.2) is 30.7 Å². The Bertz CT molecular complexity index is 835. The molecule has 7 heteroatoms. The van der Waals surface area contributed by atoms with Gasteiger partial charge < -0.3 is 19.1 Å². The minimum absolute atomic E-state index is 0.127. The highest BCUT2D eigenvalue weighted by Crippen LogP contribution is 2.43. The summed E-state index contributed by atoms with van der Waals surface area (Å²) in [4.78, 5) is 14.8. The van der Waals surface area contributed by atoms with Gasteiger partial charge in [0.1, 0.15) is 6.10 Å². The Morgan fingerprint density at radius 1 is 1.33 bits per heavy atom. The second kappa shape index (κ2) is 9.10. The van der Waals surface area contributed by atoms with E-state index in [-0.39, 0.29) is 18.8 Å². The number of thiophene rings is 1. The molecule has 27 heavy (non-hydrogen) atoms. The summed E-state index contributed by atoms with van der Waals surface area (Å²) in [6.07, 6.45) is 3.40. The molecule has 0 aliphatic carbocycles. The first kappa shape index (κ1) is 19.5. The zero-order chi connectivity index (χ0) is 19.2. The zero-order valence-corrected chi connectivity index (χ0v) is 17.1. The van der Waals surface area contributed by atoms with Gasteiger partial charge in [0.25, 0.3) is 0 Å². The summed E-state index contributed by atoms with van der Waals surface area (Å²) in [6, 6.07) is 9.59. The predicted octanol–water partition coefficient (Wildman–Crippen LogP) is 4.95. The van der Waals surface area contributed by atoms with Crippen molar-refractivity contribution in [1.82, 2.24) is 4.90 Å². The van der Waals surface area contributed by atoms with Crippen molar-refractivity contribution < 1.29 is 19.0 Å². The van der Waals surface area contributed by atoms with E-state index in [0.717, 1.165) is 8.66 Å². The normalized spacial score (nSPS) is 13.1. The van der Waals surface area contributed by atoms with Gasteiger partial charge in [0.05, 0.1) is 3.79 Å². The molecular weight excluding hydrogens is 430 g/mol. The Hall–Kier alpha value is -2.25. The van der Waals surface area contributed by atoms with Crippen LogP contribution in [0.5, 0.6) is 17.2 Å². The van der Waals surface area contributed by atoms with Crippen molar-refractivity contribution in [2.75, 3.05) is 19.9 Å². The van der Waals surface area contributed by atoms with Crippen LogP contribution in [0.3, 0.4) is 0 Å². The van der Waals surface area contributed by atoms with E-state index < -0.39 is 0 Å². The average Bonchev–Trinajstić information content (AvgIpc) is 3.32. The molecule has 0 fully saturated rings. The second-order valence-corrected chi connectivity index (χ2v) is 8.30. The van der Waals surface area contributed by atoms with E-state index in [0.29, 0.717) is 36.8 Å². The zero-order valence-electron chi connectivity index (χ0n) is 14.7. The molecule has 1 amide bonds. The minimum atomic E-state index is -0.234. The quantitative estimate of drug-likeness (QED) is 0.401. The van der Waals surface area contributed by atoms with E-state index in [1.165, 1.54) is 6.08 Å². The van der Waals surface area contributed by atoms with Crippen LogP contribution in [0.4, 0.5) is 0 Å². The van der Waals surface area contributed by atoms with Crippen LogP contribution in [-0.2, 0) is 4.79 Å². The molecule has 142 valence electrons. The number of para-hydroxylation sites is 1. The fourth-order valence-corrected chi connectivity index (χ4v) is 4.25. The van der Waals surface area contributed by atoms with Gasteiger partial charge in [0.15, 0.2) is 11.5 Å². The van der Waals surface area contributed by atoms with Crippen molar-refractivity contribution in [3.63, 3.8) is 0 Å². The van der Waals surface area contributed by atoms with E-state index in [9.17, 15) is 4.79 Å². The molecule has 0 saturated heterocycles. The maximum atomic E-state index is 12.0. The summed E-state index contributed by atoms with van der Waals surface area (Å²) >= 11 is 5.11. The fourth-order valence-electron chi connectivity index (χ4n) is 2.76. The van der Waals surface area contributed by atoms with Crippen molar-refractivity contribution in [3.8, 4) is 17.2 Å². The highest BCUT2D eigenvalue weighted by Gasteiger charge is 2.24. The molecule has 3 rings (SSSR count). The van der Waals surface area contributed by atoms with E-state index >= 15 is 0 Å². The summed E-state index contributed by atoms with van der Waals surface area (Å²) in [7, 11) is 0. The number of ether oxygens (including phenoxy) is 3. The molecule has 1 aromatic carbocycles. The molecule has 1 aliphatic rings. The van der Waals surface area contributed by atoms with Crippen LogP contribution in [0, 0.1) is 0 Å². The smallest absolute Gasteiger partial charge is 0.246 e. The lowest BCUT2D eigenvalue weighted by molar-refractivity contribution is -0.125. The largest absolute Gasteiger partial charge is 0.481 e. The van der Waals surface area contributed by atoms with Gasteiger partial charge in [-0.1, -0.05) is 18.7 Å². The monoisotopic (exact) mass is 449 g/mol. The summed E-state index contributed by atoms with van der Waals surface area (Å²) in [5.41, 5.74) is 0. The lowest BCUT2D eigenvalue weighted by Crippen LogP contribution is -2.31. The minimum Gasteiger partial charge on any atom is -0.481 e. The molecule has 0 bridgehead atoms. The van der Waals surface area contributed by atoms with Gasteiger partial charge in [-0.05, 0) is 46.3 Å². The van der Waals surface area contributed by atoms with Crippen molar-refractivity contribution in [1.29, 1.82) is 0 Å². The highest BCUT2D eigenvalue weighted by molar-refractivity contribution is 9.11. The standard InChI is InChI=1S/C20H20BrNO4S/c1-3-11-22(19(23)4-2)12-10-14(17-8-9-18(21)27-17)26-16-7-5-6-15-20(16)25-13-24-15/h3-9,14H,1-2,10-13H2/t14-/m0/s1. The predicted molar refractivity (Wildman–Crippen MR) is 110 cm³/mol. The lowest BCUT2D eigenvalue weighted by atomic mass is 10.2. The molecule has 0 saturated carbocycles. The van der Waals surface area contributed by atoms with Gasteiger partial charge >= 0.3 is 0 Å². The van der Waals surface area contributed by atoms with Crippen molar-refractivity contribution in [2.24, 2.45) is 0 Å². The van der Waals surface area contributed by atoms with Crippen LogP contribution in [0.2, 0.25) is 0 Å². The number of amides is 1. The number of fused-ring (bicyclic) bond motifs is 1. The molecule has 0 unspecified atom stereocenters. The number of halogens is 1. The average molecular weight is 450 g/mol. The van der Waals surface area contributed by atoms with Gasteiger partial charge in [-0.25, -0.2) is 0 Å². The maximum absolute atomic E-state index is 12.0. The number of hydrogen-bond donors (Lipinski definition) is 0. The molecule has 2 heterocycles. The second-order valence-electron chi connectivity index (χ2n) is 5.80. The van der Waals surface area contributed by atoms with Gasteiger partial charge in [0.2, 0.25) is 18.4 Å². The van der Waals surface area contributed by atoms with E-state index in [4.69, 9.17) is 14.2 Å². The topological polar surface area (TPSA) is 48.0 Å². The lowest BCUT2D eigenvalue weighted by Gasteiger charge is -2.24. The van der Waals surface area contributed by atoms with Gasteiger partial charge in [-0.3, -0.25) is 4.79 Å². The number of nitrogens with zero attached hydrogens (tertiary/aromatic N) is 1. The molecule has 1 aliphatic heterocycles. The Morgan fingerprint density at radius 3 is 2.89 bits per heavy atom. The summed E-state index contributed by atoms with van der Waals surface area (Å²) in [5.74, 6) is 1.79. The molecule has 0 spiro atoms. The third-order valence-corrected chi connectivity index (χ3v) is 5.75. The Kier molecular flexibility index (Phi) is 6.58. The summed E-state index contributed by atoms with van der Waals surface area (Å²) in [6.45, 7) is 8.45. The molecule has 5 nitrogen and oxygen atoms in total. The van der Waals surface area contributed by atoms with E-state index in [1.54, 1.807) is 22.3 Å². The third-order valence-electron chi connectivity index (χ3n) is 4.04. The molecule has 1 aromatic heterocycles. The molecule has 0 N–H and O–H groups in total. The van der Waals surface area contributed by atoms with E-state index in [2.05, 4.69) is 29.1 Å². The number of hydrogen-bond acceptors (Lipinski definition) is 5. The summed E-state index contributed by atoms with van der Waals surface area (Å²) < 4.78 is 18.3. The third kappa shape index (κ3) is 4.73. The number of carbonyl (C=O) groups is 1. The molecule has 2 aromatic rings. The van der Waals surface area contributed by atoms with Crippen LogP contribution < -0.4 is 14.2 Å². The van der Waals surface area contributed by atoms with Gasteiger partial charge in [-0.15, -0.1) is 17.9 Å². The van der Waals surface area contributed by atoms with Gasteiger partial charge in [0, 0.05) is 24.4 Å². The van der Waals surface area contributed by atoms with Crippen LogP contribution in [0.25, 0.3) is 0 Å². The van der Waals surface area contributed by atoms with Gasteiger partial charge in [-0.2, -0.15) is 0 Å². The molecular formula is C20H20BrNO4S. The van der Waals surface area contributed by atoms with Crippen molar-refractivity contribution in [3.05, 3.63) is 64.3 Å². The van der Waals surface area contributed by atoms with Crippen LogP contribution in [0.1, 0.15) is 17.4 Å². The highest BCUT2D eigenvalue weighted by atomic mass is 79.9. The fraction of sp³-hybridized carbons (Fsp3) is 0.250. The Morgan fingerprint density at radius 2 is 2.19 bits per heavy atom. The molecule has 1 atom stereocenters. The Balaban J connectivity index is 1.80. The van der Waals surface area contributed by atoms with Crippen molar-refractivity contribution >= 4 is 33.2 Å². The first-order valence-corrected chi connectivity index (χ1v) is 10.1. The Labute approximate surface area is 171 Å². The van der Waals surface area contributed by atoms with Crippen molar-refractivity contribution in [2.45, 2.75) is 12.5 Å². The first-order valence-electron chi connectivity index (χ1n) is 8.45. The molecule has 0 radical (unpaired) electrons. The maximum Gasteiger partial charge on any atom is 0.246 e. The van der Waals surface area contributed by atoms with Crippen LogP contribution in [0.15, 0.2) is 59.4 Å². The first-order chi connectivity index (χ1) is 13.1.